The number of nitrogens with one attached hydrogen (secondary N) is 1. The number of phenolic OH excluding ortho intramolecular Hbond substituents is 1. The van der Waals surface area contributed by atoms with E-state index in [-0.39, 0.29) is 23.8 Å². The van der Waals surface area contributed by atoms with Crippen LogP contribution in [-0.4, -0.2) is 52.4 Å². The summed E-state index contributed by atoms with van der Waals surface area (Å²) in [6.45, 7) is 1.89. The first-order valence-electron chi connectivity index (χ1n) is 8.82. The van der Waals surface area contributed by atoms with Crippen LogP contribution in [0.25, 0.3) is 6.08 Å². The summed E-state index contributed by atoms with van der Waals surface area (Å²) in [7, 11) is 1.44. The molecule has 1 aromatic carbocycles. The second-order valence-corrected chi connectivity index (χ2v) is 6.38. The number of rotatable bonds is 2. The van der Waals surface area contributed by atoms with Crippen LogP contribution >= 0.6 is 0 Å². The average molecular weight is 375 g/mol. The highest BCUT2D eigenvalue weighted by atomic mass is 16.5. The average Bonchev–Trinajstić information content (AvgIpc) is 2.64. The smallest absolute Gasteiger partial charge is 0.255 e. The topological polar surface area (TPSA) is 116 Å². The molecule has 0 saturated heterocycles. The molecule has 3 atom stereocenters. The van der Waals surface area contributed by atoms with Gasteiger partial charge in [0, 0.05) is 12.1 Å². The lowest BCUT2D eigenvalue weighted by Gasteiger charge is -2.18. The van der Waals surface area contributed by atoms with Gasteiger partial charge in [-0.1, -0.05) is 25.2 Å². The molecule has 0 saturated carbocycles. The van der Waals surface area contributed by atoms with Crippen LogP contribution in [0, 0.1) is 0 Å². The number of phenols is 1. The molecule has 146 valence electrons. The van der Waals surface area contributed by atoms with Gasteiger partial charge in [0.25, 0.3) is 5.91 Å². The molecule has 0 aliphatic carbocycles. The van der Waals surface area contributed by atoms with Crippen LogP contribution in [0.4, 0.5) is 0 Å². The van der Waals surface area contributed by atoms with Gasteiger partial charge in [-0.2, -0.15) is 0 Å². The summed E-state index contributed by atoms with van der Waals surface area (Å²) in [6, 6.07) is 2.68. The number of ketones is 1. The summed E-state index contributed by atoms with van der Waals surface area (Å²) in [5, 5.41) is 33.1. The predicted molar refractivity (Wildman–Crippen MR) is 101 cm³/mol. The number of hydrogen-bond donors (Lipinski definition) is 4. The van der Waals surface area contributed by atoms with Crippen LogP contribution < -0.4 is 10.1 Å². The molecule has 1 aliphatic rings. The fourth-order valence-electron chi connectivity index (χ4n) is 2.80. The minimum Gasteiger partial charge on any atom is -0.507 e. The molecule has 4 N–H and O–H groups in total. The molecule has 27 heavy (non-hydrogen) atoms. The molecule has 7 nitrogen and oxygen atoms in total. The maximum atomic E-state index is 12.7. The zero-order valence-corrected chi connectivity index (χ0v) is 15.4. The van der Waals surface area contributed by atoms with Gasteiger partial charge >= 0.3 is 0 Å². The molecule has 7 heteroatoms. The lowest BCUT2D eigenvalue weighted by molar-refractivity contribution is -0.127. The Labute approximate surface area is 158 Å². The van der Waals surface area contributed by atoms with Gasteiger partial charge in [0.15, 0.2) is 5.78 Å². The Morgan fingerprint density at radius 2 is 1.85 bits per heavy atom. The molecule has 1 heterocycles. The summed E-state index contributed by atoms with van der Waals surface area (Å²) in [5.74, 6) is -0.886. The van der Waals surface area contributed by atoms with Crippen molar-refractivity contribution in [1.82, 2.24) is 5.32 Å². The summed E-state index contributed by atoms with van der Waals surface area (Å²) < 4.78 is 5.13. The SMILES string of the molecule is CC[C@H]1C/C=C\C(=O)[C@@H](O)[C@@H](O)C/C=C/c2cc(OC)cc(O)c2C(=O)N1. The zero-order valence-electron chi connectivity index (χ0n) is 15.4. The van der Waals surface area contributed by atoms with Gasteiger partial charge in [0.1, 0.15) is 17.6 Å². The summed E-state index contributed by atoms with van der Waals surface area (Å²) in [5.41, 5.74) is 0.498. The second-order valence-electron chi connectivity index (χ2n) is 6.38. The molecular weight excluding hydrogens is 350 g/mol. The van der Waals surface area contributed by atoms with Crippen molar-refractivity contribution in [2.24, 2.45) is 0 Å². The molecule has 0 radical (unpaired) electrons. The molecule has 0 unspecified atom stereocenters. The number of fused-ring (bicyclic) bond motifs is 1. The number of aliphatic hydroxyl groups excluding tert-OH is 2. The summed E-state index contributed by atoms with van der Waals surface area (Å²) >= 11 is 0. The first kappa shape index (κ1) is 20.7. The number of carbonyl (C=O) groups excluding carboxylic acids is 2. The van der Waals surface area contributed by atoms with Crippen LogP contribution in [-0.2, 0) is 4.79 Å². The Morgan fingerprint density at radius 3 is 2.52 bits per heavy atom. The van der Waals surface area contributed by atoms with Gasteiger partial charge in [0.05, 0.1) is 18.8 Å². The Bertz CT molecular complexity index is 755. The van der Waals surface area contributed by atoms with Crippen molar-refractivity contribution in [2.45, 2.75) is 44.4 Å². The van der Waals surface area contributed by atoms with E-state index >= 15 is 0 Å². The maximum Gasteiger partial charge on any atom is 0.255 e. The normalized spacial score (nSPS) is 26.4. The third kappa shape index (κ3) is 5.18. The van der Waals surface area contributed by atoms with Crippen molar-refractivity contribution in [2.75, 3.05) is 7.11 Å². The third-order valence-electron chi connectivity index (χ3n) is 4.45. The molecule has 0 aromatic heterocycles. The van der Waals surface area contributed by atoms with Crippen LogP contribution in [0.3, 0.4) is 0 Å². The number of aromatic hydroxyl groups is 1. The van der Waals surface area contributed by atoms with E-state index < -0.39 is 23.9 Å². The highest BCUT2D eigenvalue weighted by Crippen LogP contribution is 2.29. The van der Waals surface area contributed by atoms with Crippen molar-refractivity contribution in [3.05, 3.63) is 41.5 Å². The Hall–Kier alpha value is -2.64. The lowest BCUT2D eigenvalue weighted by Crippen LogP contribution is -2.35. The van der Waals surface area contributed by atoms with Gasteiger partial charge in [-0.15, -0.1) is 0 Å². The van der Waals surface area contributed by atoms with E-state index in [4.69, 9.17) is 4.74 Å². The van der Waals surface area contributed by atoms with Crippen molar-refractivity contribution in [3.63, 3.8) is 0 Å². The van der Waals surface area contributed by atoms with Crippen LogP contribution in [0.2, 0.25) is 0 Å². The second kappa shape index (κ2) is 9.34. The van der Waals surface area contributed by atoms with E-state index in [0.29, 0.717) is 24.2 Å². The summed E-state index contributed by atoms with van der Waals surface area (Å²) in [6.07, 6.45) is 4.02. The number of aliphatic hydroxyl groups is 2. The van der Waals surface area contributed by atoms with E-state index in [0.717, 1.165) is 0 Å². The number of amides is 1. The Kier molecular flexibility index (Phi) is 7.15. The fourth-order valence-corrected chi connectivity index (χ4v) is 2.80. The number of methoxy groups -OCH3 is 1. The highest BCUT2D eigenvalue weighted by molar-refractivity contribution is 6.01. The first-order chi connectivity index (χ1) is 12.9. The van der Waals surface area contributed by atoms with Crippen LogP contribution in [0.1, 0.15) is 42.1 Å². The third-order valence-corrected chi connectivity index (χ3v) is 4.45. The molecule has 2 rings (SSSR count). The van der Waals surface area contributed by atoms with Crippen molar-refractivity contribution in [3.8, 4) is 11.5 Å². The quantitative estimate of drug-likeness (QED) is 0.623. The Morgan fingerprint density at radius 1 is 1.15 bits per heavy atom. The van der Waals surface area contributed by atoms with Gasteiger partial charge < -0.3 is 25.4 Å². The van der Waals surface area contributed by atoms with Crippen molar-refractivity contribution in [1.29, 1.82) is 0 Å². The van der Waals surface area contributed by atoms with E-state index in [1.54, 1.807) is 18.2 Å². The first-order valence-corrected chi connectivity index (χ1v) is 8.82. The minimum absolute atomic E-state index is 0.00262. The highest BCUT2D eigenvalue weighted by Gasteiger charge is 2.23. The Balaban J connectivity index is 2.47. The van der Waals surface area contributed by atoms with E-state index in [1.165, 1.54) is 25.3 Å². The molecule has 0 bridgehead atoms. The largest absolute Gasteiger partial charge is 0.507 e. The zero-order chi connectivity index (χ0) is 20.0. The number of hydrogen-bond acceptors (Lipinski definition) is 6. The van der Waals surface area contributed by atoms with E-state index in [2.05, 4.69) is 5.32 Å². The molecular formula is C20H25NO6. The minimum atomic E-state index is -1.53. The van der Waals surface area contributed by atoms with Gasteiger partial charge in [-0.05, 0) is 37.0 Å². The molecule has 1 aliphatic heterocycles. The van der Waals surface area contributed by atoms with Gasteiger partial charge in [-0.25, -0.2) is 0 Å². The fraction of sp³-hybridized carbons (Fsp3) is 0.400. The van der Waals surface area contributed by atoms with Crippen molar-refractivity contribution < 1.29 is 29.6 Å². The van der Waals surface area contributed by atoms with Gasteiger partial charge in [-0.3, -0.25) is 9.59 Å². The number of ether oxygens (including phenoxy) is 1. The molecule has 1 aromatic rings. The number of benzene rings is 1. The maximum absolute atomic E-state index is 12.7. The van der Waals surface area contributed by atoms with Crippen LogP contribution in [0.15, 0.2) is 30.4 Å². The van der Waals surface area contributed by atoms with Crippen LogP contribution in [0.5, 0.6) is 11.5 Å². The lowest BCUT2D eigenvalue weighted by atomic mass is 10.00. The van der Waals surface area contributed by atoms with Gasteiger partial charge in [0.2, 0.25) is 0 Å². The standard InChI is InChI=1S/C20H25NO6/c1-3-13-7-5-9-16(23)19(25)15(22)8-4-6-12-10-14(27-2)11-17(24)18(12)20(26)21-13/h4-6,9-11,13,15,19,22,24-25H,3,7-8H2,1-2H3,(H,21,26)/b6-4+,9-5-/t13-,15-,19-/m0/s1. The van der Waals surface area contributed by atoms with E-state index in [9.17, 15) is 24.9 Å². The molecule has 1 amide bonds. The predicted octanol–water partition coefficient (Wildman–Crippen LogP) is 1.56. The number of carbonyl (C=O) groups is 2. The molecule has 0 fully saturated rings. The summed E-state index contributed by atoms with van der Waals surface area (Å²) in [4.78, 5) is 24.6. The van der Waals surface area contributed by atoms with Crippen molar-refractivity contribution >= 4 is 17.8 Å². The molecule has 0 spiro atoms. The monoisotopic (exact) mass is 375 g/mol. The van der Waals surface area contributed by atoms with E-state index in [1.807, 2.05) is 6.92 Å².